The van der Waals surface area contributed by atoms with Crippen molar-refractivity contribution in [3.63, 3.8) is 0 Å². The van der Waals surface area contributed by atoms with Gasteiger partial charge in [0.2, 0.25) is 0 Å². The Hall–Kier alpha value is -6.50. The molecule has 6 aromatic rings. The number of hydrogen-bond acceptors (Lipinski definition) is 19. The number of fused-ring (bicyclic) bond motifs is 10. The summed E-state index contributed by atoms with van der Waals surface area (Å²) in [7, 11) is -7.92. The van der Waals surface area contributed by atoms with Gasteiger partial charge in [0.25, 0.3) is 31.2 Å². The molecule has 0 amide bonds. The Morgan fingerprint density at radius 2 is 1.23 bits per heavy atom. The molecule has 7 atom stereocenters. The highest BCUT2D eigenvalue weighted by molar-refractivity contribution is 9.09. The molecule has 8 aliphatic heterocycles. The molecule has 8 aliphatic rings. The van der Waals surface area contributed by atoms with Crippen LogP contribution in [0.1, 0.15) is 80.3 Å². The summed E-state index contributed by atoms with van der Waals surface area (Å²) in [5, 5.41) is 27.9. The van der Waals surface area contributed by atoms with Crippen molar-refractivity contribution in [1.29, 1.82) is 10.5 Å². The van der Waals surface area contributed by atoms with Crippen molar-refractivity contribution < 1.29 is 45.3 Å². The zero-order valence-electron chi connectivity index (χ0n) is 53.0. The van der Waals surface area contributed by atoms with Crippen LogP contribution in [0.25, 0.3) is 21.5 Å². The van der Waals surface area contributed by atoms with Gasteiger partial charge in [-0.05, 0) is 133 Å². The molecule has 92 heavy (non-hydrogen) atoms. The van der Waals surface area contributed by atoms with Crippen molar-refractivity contribution in [2.24, 2.45) is 0 Å². The molecule has 1 unspecified atom stereocenters. The van der Waals surface area contributed by atoms with Gasteiger partial charge in [-0.1, -0.05) is 28.1 Å². The highest BCUT2D eigenvalue weighted by Crippen LogP contribution is 2.41. The molecule has 14 rings (SSSR count). The van der Waals surface area contributed by atoms with E-state index in [0.29, 0.717) is 142 Å². The first-order valence-corrected chi connectivity index (χ1v) is 35.7. The summed E-state index contributed by atoms with van der Waals surface area (Å²) >= 11 is 3.27. The molecule has 4 aromatic carbocycles. The zero-order chi connectivity index (χ0) is 65.4. The highest BCUT2D eigenvalue weighted by Gasteiger charge is 2.41. The number of nitrogens with zero attached hydrogens (tertiary/aromatic N) is 6. The number of aromatic nitrogens is 2. The van der Waals surface area contributed by atoms with E-state index in [-0.39, 0.29) is 40.3 Å². The fraction of sp³-hybridized carbons (Fsp3) is 0.515. The number of alkyl halides is 1. The lowest BCUT2D eigenvalue weighted by Gasteiger charge is -2.28. The minimum Gasteiger partial charge on any atom is -0.398 e. The molecule has 0 saturated carbocycles. The number of halogens is 1. The van der Waals surface area contributed by atoms with Crippen LogP contribution >= 0.6 is 15.9 Å². The maximum Gasteiger partial charge on any atom is 0.264 e. The van der Waals surface area contributed by atoms with Gasteiger partial charge in [0.1, 0.15) is 0 Å². The van der Waals surface area contributed by atoms with Crippen LogP contribution in [0.4, 0.5) is 22.7 Å². The number of anilines is 4. The minimum atomic E-state index is -3.98. The second kappa shape index (κ2) is 30.3. The van der Waals surface area contributed by atoms with E-state index in [4.69, 9.17) is 34.2 Å². The van der Waals surface area contributed by atoms with Crippen LogP contribution in [0, 0.1) is 36.5 Å². The largest absolute Gasteiger partial charge is 0.398 e. The third kappa shape index (κ3) is 15.0. The lowest BCUT2D eigenvalue weighted by molar-refractivity contribution is -0.119. The predicted molar refractivity (Wildman–Crippen MR) is 358 cm³/mol. The van der Waals surface area contributed by atoms with E-state index in [0.717, 1.165) is 82.2 Å². The molecule has 0 spiro atoms. The second-order valence-electron chi connectivity index (χ2n) is 24.0. The maximum absolute atomic E-state index is 13.9. The normalized spacial score (nSPS) is 22.0. The summed E-state index contributed by atoms with van der Waals surface area (Å²) in [6, 6.07) is 22.0. The van der Waals surface area contributed by atoms with Gasteiger partial charge in [0.05, 0.1) is 94.0 Å². The summed E-state index contributed by atoms with van der Waals surface area (Å²) in [5.74, 6) is 0. The van der Waals surface area contributed by atoms with Crippen molar-refractivity contribution in [1.82, 2.24) is 25.1 Å². The fourth-order valence-corrected chi connectivity index (χ4v) is 17.5. The first-order chi connectivity index (χ1) is 44.3. The van der Waals surface area contributed by atoms with E-state index < -0.39 is 20.0 Å². The van der Waals surface area contributed by atoms with Gasteiger partial charge in [0.15, 0.2) is 6.29 Å². The Morgan fingerprint density at radius 1 is 0.707 bits per heavy atom. The van der Waals surface area contributed by atoms with E-state index in [2.05, 4.69) is 66.2 Å². The van der Waals surface area contributed by atoms with Crippen LogP contribution in [0.5, 0.6) is 0 Å². The highest BCUT2D eigenvalue weighted by atomic mass is 79.9. The van der Waals surface area contributed by atoms with Crippen LogP contribution in [0.15, 0.2) is 92.4 Å². The molecule has 10 heterocycles. The van der Waals surface area contributed by atoms with Crippen LogP contribution < -0.4 is 36.1 Å². The molecule has 2 aromatic heterocycles. The third-order valence-electron chi connectivity index (χ3n) is 17.9. The Kier molecular flexibility index (Phi) is 22.5. The fourth-order valence-electron chi connectivity index (χ4n) is 13.6. The first-order valence-electron chi connectivity index (χ1n) is 31.7. The summed E-state index contributed by atoms with van der Waals surface area (Å²) in [5.41, 5.74) is 11.1. The molecule has 6 fully saturated rings. The molecular weight excluding hydrogens is 1280 g/mol. The quantitative estimate of drug-likeness (QED) is 0.0356. The summed E-state index contributed by atoms with van der Waals surface area (Å²) in [6.07, 6.45) is 9.33. The predicted octanol–water partition coefficient (Wildman–Crippen LogP) is 6.80. The zero-order valence-corrected chi connectivity index (χ0v) is 56.3. The number of hydrogen-bond donors (Lipinski definition) is 5. The van der Waals surface area contributed by atoms with Crippen molar-refractivity contribution in [2.75, 3.05) is 117 Å². The van der Waals surface area contributed by atoms with Crippen LogP contribution in [-0.4, -0.2) is 183 Å². The summed E-state index contributed by atoms with van der Waals surface area (Å²) < 4.78 is 89.8. The smallest absolute Gasteiger partial charge is 0.264 e. The van der Waals surface area contributed by atoms with Crippen molar-refractivity contribution in [3.05, 3.63) is 127 Å². The molecule has 6 N–H and O–H groups in total. The lowest BCUT2D eigenvalue weighted by Crippen LogP contribution is -2.41. The average molecular weight is 1370 g/mol. The summed E-state index contributed by atoms with van der Waals surface area (Å²) in [4.78, 5) is 34.9. The number of pyridine rings is 2. The number of benzene rings is 4. The molecular formula is C66H84BrN11O12S2. The lowest BCUT2D eigenvalue weighted by atomic mass is 10.1. The molecule has 494 valence electrons. The number of nitriles is 2. The number of rotatable bonds is 17. The van der Waals surface area contributed by atoms with E-state index in [1.165, 1.54) is 39.9 Å². The van der Waals surface area contributed by atoms with Gasteiger partial charge in [0, 0.05) is 147 Å². The Bertz CT molecular complexity index is 4040. The van der Waals surface area contributed by atoms with Gasteiger partial charge in [-0.2, -0.15) is 10.5 Å². The van der Waals surface area contributed by atoms with Crippen molar-refractivity contribution >= 4 is 80.3 Å². The average Bonchev–Trinajstić information content (AvgIpc) is 1.68. The van der Waals surface area contributed by atoms with Gasteiger partial charge >= 0.3 is 0 Å². The van der Waals surface area contributed by atoms with Gasteiger partial charge < -0.3 is 54.8 Å². The topological polar surface area (TPSA) is 300 Å². The number of aryl methyl sites for hydroxylation is 2. The van der Waals surface area contributed by atoms with E-state index >= 15 is 0 Å². The van der Waals surface area contributed by atoms with Gasteiger partial charge in [-0.25, -0.2) is 16.8 Å². The van der Waals surface area contributed by atoms with Crippen LogP contribution in [0.3, 0.4) is 0 Å². The molecule has 6 bridgehead atoms. The number of nitrogen functional groups attached to an aromatic ring is 1. The Labute approximate surface area is 546 Å². The number of nitrogens with one attached hydrogen (secondary N) is 4. The third-order valence-corrected chi connectivity index (χ3v) is 22.2. The molecule has 0 aliphatic carbocycles. The Morgan fingerprint density at radius 3 is 1.67 bits per heavy atom. The SMILES string of the molecule is C1O[C@H]2CN[C@@H]1C2.CCOC(C)CN1C[C@H]2C[C@@H]1CO2.CCOC(CBr)OCC.Cc1c[nH]c(=O)c2cccc(S(=O)(=O)N3CCc4c(N)cc(C#N)cc43)c12.Cc1c[nH]c(=O)c2cccc(S(=O)(=O)N3CCc4c(NCCN5C[C@H]6C[C@@H]5CO6)cc(C#N)cc43)c12. The number of sulfonamides is 2. The van der Waals surface area contributed by atoms with Crippen LogP contribution in [-0.2, 0) is 61.3 Å². The maximum atomic E-state index is 13.9. The molecule has 26 heteroatoms. The number of nitrogens with two attached hydrogens (primary N) is 1. The number of ether oxygens (including phenoxy) is 6. The second-order valence-corrected chi connectivity index (χ2v) is 28.4. The van der Waals surface area contributed by atoms with Crippen molar-refractivity contribution in [3.8, 4) is 12.1 Å². The van der Waals surface area contributed by atoms with Gasteiger partial charge in [-0.15, -0.1) is 0 Å². The van der Waals surface area contributed by atoms with Crippen LogP contribution in [0.2, 0.25) is 0 Å². The minimum absolute atomic E-state index is 0.0670. The molecule has 6 saturated heterocycles. The summed E-state index contributed by atoms with van der Waals surface area (Å²) in [6.45, 7) is 22.8. The number of aromatic amines is 2. The first kappa shape index (κ1) is 68.4. The number of H-pyrrole nitrogens is 2. The molecule has 0 radical (unpaired) electrons. The Balaban J connectivity index is 0.000000143. The standard InChI is InChI=1S/C26H27N5O4S.C19H16N4O3S.C10H19NO2.C6H13BrO2.C5H9NO/c1-16-13-29-26(32)21-3-2-4-24(25(16)21)36(33,34)31-7-5-20-22(9-17(12-27)10-23(20)31)28-6-8-30-14-19-11-18(30)15-35-19;1-11-10-22-19(24)14-3-2-4-17(18(11)14)27(25,26)23-6-5-13-15(21)7-12(9-20)8-16(13)23;1-3-12-8(2)5-11-6-10-4-9(11)7-13-10;1-3-8-6(5-7)9-4-2;1-4-3-7-5(1)2-6-4/h2-4,9-10,13,18-19,28H,5-8,11,14-15H2,1H3,(H,29,32);2-4,7-8,10H,5-6,21H2,1H3,(H,22,24);8-10H,3-7H2,1-2H3;6H,3-5H2,1-2H3;4-6H,1-3H2/t18-,19-;;8?,9-,10-;;4-,5-/m1.1.1/s1. The van der Waals surface area contributed by atoms with Gasteiger partial charge in [-0.3, -0.25) is 28.0 Å². The molecule has 23 nitrogen and oxygen atoms in total. The monoisotopic (exact) mass is 1370 g/mol. The number of morpholine rings is 3. The van der Waals surface area contributed by atoms with E-state index in [1.807, 2.05) is 19.9 Å². The van der Waals surface area contributed by atoms with Crippen molar-refractivity contribution in [2.45, 2.75) is 132 Å². The van der Waals surface area contributed by atoms with E-state index in [1.54, 1.807) is 68.4 Å². The van der Waals surface area contributed by atoms with E-state index in [9.17, 15) is 36.9 Å². The number of likely N-dealkylation sites (tertiary alicyclic amines) is 2.